The summed E-state index contributed by atoms with van der Waals surface area (Å²) in [5, 5.41) is 2.84. The van der Waals surface area contributed by atoms with Crippen LogP contribution in [0, 0.1) is 6.92 Å². The van der Waals surface area contributed by atoms with Crippen LogP contribution in [0.5, 0.6) is 5.75 Å². The number of ether oxygens (including phenoxy) is 1. The maximum absolute atomic E-state index is 11.5. The number of amides is 1. The maximum atomic E-state index is 11.5. The fraction of sp³-hybridized carbons (Fsp3) is 0.588. The zero-order valence-corrected chi connectivity index (χ0v) is 14.2. The van der Waals surface area contributed by atoms with Gasteiger partial charge >= 0.3 is 0 Å². The van der Waals surface area contributed by atoms with Crippen LogP contribution in [0.15, 0.2) is 18.2 Å². The van der Waals surface area contributed by atoms with Crippen molar-refractivity contribution in [1.29, 1.82) is 0 Å². The molecule has 3 nitrogen and oxygen atoms in total. The van der Waals surface area contributed by atoms with Gasteiger partial charge in [0.15, 0.2) is 0 Å². The van der Waals surface area contributed by atoms with Crippen LogP contribution in [0.1, 0.15) is 44.7 Å². The molecule has 118 valence electrons. The zero-order chi connectivity index (χ0) is 15.9. The quantitative estimate of drug-likeness (QED) is 0.614. The molecule has 0 fully saturated rings. The van der Waals surface area contributed by atoms with E-state index in [4.69, 9.17) is 16.3 Å². The van der Waals surface area contributed by atoms with E-state index in [1.54, 1.807) is 0 Å². The Labute approximate surface area is 133 Å². The van der Waals surface area contributed by atoms with Gasteiger partial charge in [-0.2, -0.15) is 0 Å². The fourth-order valence-corrected chi connectivity index (χ4v) is 2.23. The lowest BCUT2D eigenvalue weighted by Crippen LogP contribution is -2.28. The number of carbonyl (C=O) groups is 1. The topological polar surface area (TPSA) is 38.3 Å². The van der Waals surface area contributed by atoms with Crippen LogP contribution in [-0.2, 0) is 10.2 Å². The highest BCUT2D eigenvalue weighted by molar-refractivity contribution is 6.17. The third-order valence-corrected chi connectivity index (χ3v) is 3.50. The number of halogens is 1. The Bertz CT molecular complexity index is 466. The van der Waals surface area contributed by atoms with E-state index in [0.29, 0.717) is 31.9 Å². The van der Waals surface area contributed by atoms with Crippen LogP contribution < -0.4 is 10.1 Å². The summed E-state index contributed by atoms with van der Waals surface area (Å²) < 4.78 is 5.91. The number of alkyl halides is 1. The van der Waals surface area contributed by atoms with Crippen LogP contribution in [0.2, 0.25) is 0 Å². The highest BCUT2D eigenvalue weighted by Gasteiger charge is 2.20. The van der Waals surface area contributed by atoms with Crippen LogP contribution in [0.25, 0.3) is 0 Å². The smallest absolute Gasteiger partial charge is 0.220 e. The Morgan fingerprint density at radius 2 is 2.05 bits per heavy atom. The Morgan fingerprint density at radius 1 is 1.33 bits per heavy atom. The first-order valence-electron chi connectivity index (χ1n) is 7.42. The van der Waals surface area contributed by atoms with Gasteiger partial charge in [-0.3, -0.25) is 4.79 Å². The first-order valence-corrected chi connectivity index (χ1v) is 7.95. The maximum Gasteiger partial charge on any atom is 0.220 e. The molecule has 1 rings (SSSR count). The minimum atomic E-state index is 0.0279. The number of benzene rings is 1. The number of hydrogen-bond donors (Lipinski definition) is 1. The molecule has 1 aromatic rings. The van der Waals surface area contributed by atoms with Gasteiger partial charge in [0.2, 0.25) is 5.91 Å². The van der Waals surface area contributed by atoms with E-state index in [1.165, 1.54) is 5.56 Å². The van der Waals surface area contributed by atoms with Gasteiger partial charge in [0.25, 0.3) is 0 Å². The van der Waals surface area contributed by atoms with Crippen molar-refractivity contribution in [3.63, 3.8) is 0 Å². The Kier molecular flexibility index (Phi) is 7.03. The lowest BCUT2D eigenvalue weighted by molar-refractivity contribution is -0.121. The molecule has 0 aliphatic heterocycles. The van der Waals surface area contributed by atoms with Crippen molar-refractivity contribution in [3.05, 3.63) is 29.3 Å². The largest absolute Gasteiger partial charge is 0.491 e. The van der Waals surface area contributed by atoms with Gasteiger partial charge in [-0.15, -0.1) is 11.6 Å². The summed E-state index contributed by atoms with van der Waals surface area (Å²) in [7, 11) is 0. The van der Waals surface area contributed by atoms with Gasteiger partial charge in [0.1, 0.15) is 12.4 Å². The predicted molar refractivity (Wildman–Crippen MR) is 88.3 cm³/mol. The van der Waals surface area contributed by atoms with Crippen LogP contribution in [0.4, 0.5) is 0 Å². The van der Waals surface area contributed by atoms with Gasteiger partial charge in [0, 0.05) is 12.3 Å². The summed E-state index contributed by atoms with van der Waals surface area (Å²) >= 11 is 5.56. The summed E-state index contributed by atoms with van der Waals surface area (Å²) in [4.78, 5) is 11.5. The molecule has 0 aromatic heterocycles. The van der Waals surface area contributed by atoms with E-state index >= 15 is 0 Å². The van der Waals surface area contributed by atoms with Crippen molar-refractivity contribution >= 4 is 17.5 Å². The molecule has 0 aliphatic rings. The number of nitrogens with one attached hydrogen (secondary N) is 1. The van der Waals surface area contributed by atoms with Crippen molar-refractivity contribution in [1.82, 2.24) is 5.32 Å². The minimum Gasteiger partial charge on any atom is -0.491 e. The number of carbonyl (C=O) groups excluding carboxylic acids is 1. The standard InChI is InChI=1S/C17H26ClNO2/c1-13-7-5-8-14(17(2,3)4)16(13)21-12-11-19-15(20)9-6-10-18/h5,7-8H,6,9-12H2,1-4H3,(H,19,20). The molecule has 0 heterocycles. The molecular formula is C17H26ClNO2. The van der Waals surface area contributed by atoms with Crippen molar-refractivity contribution in [2.75, 3.05) is 19.0 Å². The summed E-state index contributed by atoms with van der Waals surface area (Å²) in [5.41, 5.74) is 2.34. The molecule has 0 radical (unpaired) electrons. The van der Waals surface area contributed by atoms with Crippen molar-refractivity contribution in [3.8, 4) is 5.75 Å². The SMILES string of the molecule is Cc1cccc(C(C)(C)C)c1OCCNC(=O)CCCCl. The van der Waals surface area contributed by atoms with Crippen molar-refractivity contribution in [2.45, 2.75) is 46.0 Å². The summed E-state index contributed by atoms with van der Waals surface area (Å²) in [6.07, 6.45) is 1.18. The first kappa shape index (κ1) is 17.8. The number of aryl methyl sites for hydroxylation is 1. The van der Waals surface area contributed by atoms with Gasteiger partial charge in [0.05, 0.1) is 6.54 Å². The highest BCUT2D eigenvalue weighted by atomic mass is 35.5. The van der Waals surface area contributed by atoms with Crippen molar-refractivity contribution in [2.24, 2.45) is 0 Å². The molecule has 21 heavy (non-hydrogen) atoms. The molecule has 0 aliphatic carbocycles. The molecule has 0 unspecified atom stereocenters. The molecule has 1 N–H and O–H groups in total. The molecule has 1 aromatic carbocycles. The summed E-state index contributed by atoms with van der Waals surface area (Å²) in [6.45, 7) is 9.54. The molecule has 0 spiro atoms. The Hall–Kier alpha value is -1.22. The highest BCUT2D eigenvalue weighted by Crippen LogP contribution is 2.33. The van der Waals surface area contributed by atoms with E-state index < -0.39 is 0 Å². The molecular weight excluding hydrogens is 286 g/mol. The van der Waals surface area contributed by atoms with Crippen LogP contribution in [0.3, 0.4) is 0 Å². The Balaban J connectivity index is 2.54. The van der Waals surface area contributed by atoms with E-state index in [2.05, 4.69) is 38.2 Å². The predicted octanol–water partition coefficient (Wildman–Crippen LogP) is 3.81. The van der Waals surface area contributed by atoms with E-state index in [0.717, 1.165) is 11.3 Å². The number of hydrogen-bond acceptors (Lipinski definition) is 2. The number of rotatable bonds is 7. The van der Waals surface area contributed by atoms with E-state index in [1.807, 2.05) is 13.0 Å². The first-order chi connectivity index (χ1) is 9.86. The third kappa shape index (κ3) is 5.96. The molecule has 0 atom stereocenters. The molecule has 4 heteroatoms. The van der Waals surface area contributed by atoms with Gasteiger partial charge in [-0.25, -0.2) is 0 Å². The van der Waals surface area contributed by atoms with E-state index in [-0.39, 0.29) is 11.3 Å². The van der Waals surface area contributed by atoms with Gasteiger partial charge in [-0.05, 0) is 29.9 Å². The van der Waals surface area contributed by atoms with Crippen LogP contribution >= 0.6 is 11.6 Å². The van der Waals surface area contributed by atoms with Gasteiger partial charge < -0.3 is 10.1 Å². The monoisotopic (exact) mass is 311 g/mol. The van der Waals surface area contributed by atoms with Gasteiger partial charge in [-0.1, -0.05) is 39.0 Å². The second-order valence-corrected chi connectivity index (χ2v) is 6.57. The second kappa shape index (κ2) is 8.28. The third-order valence-electron chi connectivity index (χ3n) is 3.23. The fourth-order valence-electron chi connectivity index (χ4n) is 2.09. The minimum absolute atomic E-state index is 0.0279. The average Bonchev–Trinajstić information content (AvgIpc) is 2.41. The number of para-hydroxylation sites is 1. The Morgan fingerprint density at radius 3 is 2.67 bits per heavy atom. The summed E-state index contributed by atoms with van der Waals surface area (Å²) in [5.74, 6) is 1.47. The van der Waals surface area contributed by atoms with Crippen LogP contribution in [-0.4, -0.2) is 24.9 Å². The zero-order valence-electron chi connectivity index (χ0n) is 13.5. The normalized spacial score (nSPS) is 11.3. The molecule has 0 saturated heterocycles. The second-order valence-electron chi connectivity index (χ2n) is 6.19. The lowest BCUT2D eigenvalue weighted by Gasteiger charge is -2.24. The van der Waals surface area contributed by atoms with Crippen molar-refractivity contribution < 1.29 is 9.53 Å². The molecule has 0 bridgehead atoms. The molecule has 1 amide bonds. The lowest BCUT2D eigenvalue weighted by atomic mass is 9.85. The average molecular weight is 312 g/mol. The molecule has 0 saturated carbocycles. The van der Waals surface area contributed by atoms with E-state index in [9.17, 15) is 4.79 Å². The summed E-state index contributed by atoms with van der Waals surface area (Å²) in [6, 6.07) is 6.20.